The van der Waals surface area contributed by atoms with E-state index in [2.05, 4.69) is 27.7 Å². The maximum absolute atomic E-state index is 12.3. The molecule has 1 aromatic carbocycles. The van der Waals surface area contributed by atoms with Crippen LogP contribution in [0, 0.1) is 17.8 Å². The molecule has 5 heteroatoms. The van der Waals surface area contributed by atoms with Gasteiger partial charge in [-0.05, 0) is 42.2 Å². The van der Waals surface area contributed by atoms with Crippen LogP contribution in [0.2, 0.25) is 0 Å². The Bertz CT molecular complexity index is 693. The largest absolute Gasteiger partial charge is 0.493 e. The Kier molecular flexibility index (Phi) is 11.7. The quantitative estimate of drug-likeness (QED) is 0.320. The summed E-state index contributed by atoms with van der Waals surface area (Å²) in [6.07, 6.45) is 4.41. The van der Waals surface area contributed by atoms with Crippen molar-refractivity contribution in [3.05, 3.63) is 29.3 Å². The van der Waals surface area contributed by atoms with E-state index < -0.39 is 23.8 Å². The summed E-state index contributed by atoms with van der Waals surface area (Å²) in [5, 5.41) is 20.1. The number of benzene rings is 1. The van der Waals surface area contributed by atoms with E-state index in [1.807, 2.05) is 13.8 Å². The summed E-state index contributed by atoms with van der Waals surface area (Å²) in [5.74, 6) is -1.55. The average molecular weight is 435 g/mol. The van der Waals surface area contributed by atoms with Crippen LogP contribution in [-0.4, -0.2) is 28.8 Å². The zero-order chi connectivity index (χ0) is 23.6. The predicted molar refractivity (Wildman–Crippen MR) is 125 cm³/mol. The summed E-state index contributed by atoms with van der Waals surface area (Å²) in [6.45, 7) is 13.0. The molecule has 0 radical (unpaired) electrons. The molecule has 0 bridgehead atoms. The molecule has 0 aliphatic carbocycles. The second-order valence-corrected chi connectivity index (χ2v) is 9.90. The van der Waals surface area contributed by atoms with Crippen LogP contribution < -0.4 is 4.74 Å². The lowest BCUT2D eigenvalue weighted by Gasteiger charge is -2.25. The number of carboxylic acid groups (broad SMARTS) is 2. The van der Waals surface area contributed by atoms with Crippen LogP contribution in [0.1, 0.15) is 103 Å². The molecule has 0 aliphatic heterocycles. The van der Waals surface area contributed by atoms with Crippen LogP contribution in [0.4, 0.5) is 0 Å². The number of carbonyl (C=O) groups is 2. The van der Waals surface area contributed by atoms with Gasteiger partial charge in [0, 0.05) is 5.56 Å². The molecule has 0 heterocycles. The van der Waals surface area contributed by atoms with Gasteiger partial charge in [0.1, 0.15) is 5.75 Å². The molecule has 0 saturated heterocycles. The second-order valence-electron chi connectivity index (χ2n) is 9.90. The maximum atomic E-state index is 12.3. The molecular formula is C26H42O5. The van der Waals surface area contributed by atoms with E-state index in [0.717, 1.165) is 25.7 Å². The Labute approximate surface area is 188 Å². The molecule has 1 aromatic rings. The molecule has 31 heavy (non-hydrogen) atoms. The van der Waals surface area contributed by atoms with Crippen molar-refractivity contribution in [2.75, 3.05) is 6.61 Å². The molecule has 0 spiro atoms. The number of ether oxygens (including phenoxy) is 1. The Morgan fingerprint density at radius 1 is 0.774 bits per heavy atom. The van der Waals surface area contributed by atoms with Crippen molar-refractivity contribution < 1.29 is 24.5 Å². The summed E-state index contributed by atoms with van der Waals surface area (Å²) in [6, 6.07) is 5.36. The minimum Gasteiger partial charge on any atom is -0.493 e. The van der Waals surface area contributed by atoms with E-state index in [1.165, 1.54) is 0 Å². The summed E-state index contributed by atoms with van der Waals surface area (Å²) in [4.78, 5) is 24.5. The molecule has 2 unspecified atom stereocenters. The van der Waals surface area contributed by atoms with E-state index in [1.54, 1.807) is 18.2 Å². The zero-order valence-electron chi connectivity index (χ0n) is 20.2. The van der Waals surface area contributed by atoms with Gasteiger partial charge in [-0.2, -0.15) is 0 Å². The first-order chi connectivity index (χ1) is 14.5. The van der Waals surface area contributed by atoms with Crippen LogP contribution >= 0.6 is 0 Å². The van der Waals surface area contributed by atoms with Crippen molar-refractivity contribution >= 4 is 11.9 Å². The van der Waals surface area contributed by atoms with Gasteiger partial charge in [0.15, 0.2) is 0 Å². The van der Waals surface area contributed by atoms with Crippen molar-refractivity contribution in [1.29, 1.82) is 0 Å². The monoisotopic (exact) mass is 434 g/mol. The van der Waals surface area contributed by atoms with Gasteiger partial charge >= 0.3 is 11.9 Å². The lowest BCUT2D eigenvalue weighted by Crippen LogP contribution is -2.21. The molecule has 0 aromatic heterocycles. The highest BCUT2D eigenvalue weighted by Gasteiger charge is 2.31. The van der Waals surface area contributed by atoms with Gasteiger partial charge in [-0.1, -0.05) is 79.4 Å². The standard InChI is InChI=1S/C26H42O5/c1-17(2)10-7-13-21(25(27)28)20-12-9-15-23(31-16-19(5)6)24(20)22(26(29)30)14-8-11-18(3)4/h9,12,15,17-19,21-22H,7-8,10-11,13-14,16H2,1-6H3,(H,27,28)(H,29,30). The summed E-state index contributed by atoms with van der Waals surface area (Å²) in [5.41, 5.74) is 1.14. The SMILES string of the molecule is CC(C)CCCC(C(=O)O)c1cccc(OCC(C)C)c1C(CCCC(C)C)C(=O)O. The molecule has 2 N–H and O–H groups in total. The molecule has 0 fully saturated rings. The maximum Gasteiger partial charge on any atom is 0.311 e. The highest BCUT2D eigenvalue weighted by atomic mass is 16.5. The van der Waals surface area contributed by atoms with Crippen molar-refractivity contribution in [2.24, 2.45) is 17.8 Å². The smallest absolute Gasteiger partial charge is 0.311 e. The number of hydrogen-bond donors (Lipinski definition) is 2. The van der Waals surface area contributed by atoms with Crippen molar-refractivity contribution in [3.63, 3.8) is 0 Å². The second kappa shape index (κ2) is 13.4. The van der Waals surface area contributed by atoms with E-state index in [9.17, 15) is 19.8 Å². The lowest BCUT2D eigenvalue weighted by atomic mass is 9.81. The minimum atomic E-state index is -0.920. The Hall–Kier alpha value is -2.04. The van der Waals surface area contributed by atoms with Gasteiger partial charge in [0.25, 0.3) is 0 Å². The third-order valence-electron chi connectivity index (χ3n) is 5.54. The van der Waals surface area contributed by atoms with Crippen molar-refractivity contribution in [3.8, 4) is 5.75 Å². The van der Waals surface area contributed by atoms with Crippen LogP contribution in [0.3, 0.4) is 0 Å². The molecule has 1 rings (SSSR count). The number of hydrogen-bond acceptors (Lipinski definition) is 3. The summed E-state index contributed by atoms with van der Waals surface area (Å²) in [7, 11) is 0. The summed E-state index contributed by atoms with van der Waals surface area (Å²) < 4.78 is 6.01. The molecule has 176 valence electrons. The molecule has 0 amide bonds. The highest BCUT2D eigenvalue weighted by Crippen LogP contribution is 2.39. The van der Waals surface area contributed by atoms with E-state index in [-0.39, 0.29) is 5.92 Å². The highest BCUT2D eigenvalue weighted by molar-refractivity contribution is 5.82. The fourth-order valence-electron chi connectivity index (χ4n) is 3.88. The van der Waals surface area contributed by atoms with Gasteiger partial charge in [0.05, 0.1) is 18.4 Å². The fraction of sp³-hybridized carbons (Fsp3) is 0.692. The van der Waals surface area contributed by atoms with Gasteiger partial charge in [-0.3, -0.25) is 9.59 Å². The Balaban J connectivity index is 3.41. The van der Waals surface area contributed by atoms with Crippen LogP contribution in [0.25, 0.3) is 0 Å². The van der Waals surface area contributed by atoms with Gasteiger partial charge < -0.3 is 14.9 Å². The number of carboxylic acids is 2. The normalized spacial score (nSPS) is 13.6. The number of rotatable bonds is 15. The fourth-order valence-corrected chi connectivity index (χ4v) is 3.88. The van der Waals surface area contributed by atoms with Crippen LogP contribution in [-0.2, 0) is 9.59 Å². The first kappa shape index (κ1) is 27.0. The zero-order valence-corrected chi connectivity index (χ0v) is 20.2. The molecular weight excluding hydrogens is 392 g/mol. The van der Waals surface area contributed by atoms with Crippen LogP contribution in [0.5, 0.6) is 5.75 Å². The molecule has 0 aliphatic rings. The van der Waals surface area contributed by atoms with Crippen molar-refractivity contribution in [1.82, 2.24) is 0 Å². The molecule has 0 saturated carbocycles. The molecule has 5 nitrogen and oxygen atoms in total. The average Bonchev–Trinajstić information content (AvgIpc) is 2.66. The van der Waals surface area contributed by atoms with E-state index in [4.69, 9.17) is 4.74 Å². The minimum absolute atomic E-state index is 0.280. The van der Waals surface area contributed by atoms with Crippen molar-refractivity contribution in [2.45, 2.75) is 91.9 Å². The third kappa shape index (κ3) is 9.32. The number of aliphatic carboxylic acids is 2. The topological polar surface area (TPSA) is 83.8 Å². The first-order valence-electron chi connectivity index (χ1n) is 11.8. The van der Waals surface area contributed by atoms with Gasteiger partial charge in [-0.15, -0.1) is 0 Å². The first-order valence-corrected chi connectivity index (χ1v) is 11.8. The predicted octanol–water partition coefficient (Wildman–Crippen LogP) is 6.71. The van der Waals surface area contributed by atoms with E-state index in [0.29, 0.717) is 48.2 Å². The van der Waals surface area contributed by atoms with Gasteiger partial charge in [0.2, 0.25) is 0 Å². The third-order valence-corrected chi connectivity index (χ3v) is 5.54. The Morgan fingerprint density at radius 2 is 1.29 bits per heavy atom. The van der Waals surface area contributed by atoms with Gasteiger partial charge in [-0.25, -0.2) is 0 Å². The van der Waals surface area contributed by atoms with Crippen LogP contribution in [0.15, 0.2) is 18.2 Å². The van der Waals surface area contributed by atoms with E-state index >= 15 is 0 Å². The summed E-state index contributed by atoms with van der Waals surface area (Å²) >= 11 is 0. The lowest BCUT2D eigenvalue weighted by molar-refractivity contribution is -0.140. The Morgan fingerprint density at radius 3 is 1.74 bits per heavy atom. The molecule has 2 atom stereocenters.